The van der Waals surface area contributed by atoms with Crippen LogP contribution in [0.15, 0.2) is 25.2 Å². The molecule has 4 heteroatoms. The van der Waals surface area contributed by atoms with Gasteiger partial charge in [-0.25, -0.2) is 0 Å². The molecule has 0 saturated carbocycles. The number of rotatable bonds is 5. The molecule has 1 rings (SSSR count). The Hall–Kier alpha value is -1.29. The standard InChI is InChI=1S/C12H20N2O2.C2H6/c1-4-6-13-7-9-14(10-8-13)12(15)11(3)16-5-2;1-2/h5H,2-4,6-10H2,1H3;1-2H3. The third-order valence-electron chi connectivity index (χ3n) is 2.66. The number of hydrogen-bond donors (Lipinski definition) is 0. The second kappa shape index (κ2) is 9.71. The van der Waals surface area contributed by atoms with E-state index in [2.05, 4.69) is 25.0 Å². The molecule has 1 saturated heterocycles. The van der Waals surface area contributed by atoms with E-state index in [1.165, 1.54) is 6.26 Å². The lowest BCUT2D eigenvalue weighted by molar-refractivity contribution is -0.131. The summed E-state index contributed by atoms with van der Waals surface area (Å²) in [6.45, 7) is 17.6. The Morgan fingerprint density at radius 1 is 1.28 bits per heavy atom. The Morgan fingerprint density at radius 2 is 1.83 bits per heavy atom. The summed E-state index contributed by atoms with van der Waals surface area (Å²) >= 11 is 0. The van der Waals surface area contributed by atoms with Gasteiger partial charge in [0.15, 0.2) is 5.76 Å². The molecule has 0 bridgehead atoms. The summed E-state index contributed by atoms with van der Waals surface area (Å²) < 4.78 is 4.90. The lowest BCUT2D eigenvalue weighted by Gasteiger charge is -2.34. The van der Waals surface area contributed by atoms with Gasteiger partial charge in [-0.15, -0.1) is 0 Å². The SMILES string of the molecule is C=COC(=C)C(=O)N1CCN(CCC)CC1.CC. The van der Waals surface area contributed by atoms with Crippen LogP contribution < -0.4 is 0 Å². The van der Waals surface area contributed by atoms with Crippen LogP contribution in [0, 0.1) is 0 Å². The van der Waals surface area contributed by atoms with E-state index in [9.17, 15) is 4.79 Å². The minimum absolute atomic E-state index is 0.129. The van der Waals surface area contributed by atoms with Crippen LogP contribution in [0.1, 0.15) is 27.2 Å². The minimum Gasteiger partial charge on any atom is -0.460 e. The van der Waals surface area contributed by atoms with E-state index in [0.29, 0.717) is 0 Å². The zero-order valence-corrected chi connectivity index (χ0v) is 11.9. The van der Waals surface area contributed by atoms with Gasteiger partial charge in [-0.1, -0.05) is 33.9 Å². The summed E-state index contributed by atoms with van der Waals surface area (Å²) in [4.78, 5) is 15.9. The van der Waals surface area contributed by atoms with Gasteiger partial charge < -0.3 is 9.64 Å². The van der Waals surface area contributed by atoms with Crippen molar-refractivity contribution in [1.82, 2.24) is 9.80 Å². The van der Waals surface area contributed by atoms with Crippen LogP contribution in [0.2, 0.25) is 0 Å². The minimum atomic E-state index is -0.129. The quantitative estimate of drug-likeness (QED) is 0.557. The molecule has 0 aliphatic carbocycles. The van der Waals surface area contributed by atoms with Gasteiger partial charge >= 0.3 is 0 Å². The number of hydrogen-bond acceptors (Lipinski definition) is 3. The van der Waals surface area contributed by atoms with E-state index < -0.39 is 0 Å². The first-order chi connectivity index (χ1) is 8.69. The molecular formula is C14H26N2O2. The molecule has 1 amide bonds. The average molecular weight is 254 g/mol. The second-order valence-corrected chi connectivity index (χ2v) is 3.84. The van der Waals surface area contributed by atoms with Crippen LogP contribution in [0.5, 0.6) is 0 Å². The van der Waals surface area contributed by atoms with Crippen molar-refractivity contribution in [3.8, 4) is 0 Å². The Bertz CT molecular complexity index is 269. The van der Waals surface area contributed by atoms with E-state index in [1.807, 2.05) is 13.8 Å². The van der Waals surface area contributed by atoms with Crippen molar-refractivity contribution in [2.24, 2.45) is 0 Å². The molecular weight excluding hydrogens is 228 g/mol. The van der Waals surface area contributed by atoms with Crippen molar-refractivity contribution in [3.63, 3.8) is 0 Å². The predicted octanol–water partition coefficient (Wildman–Crippen LogP) is 2.24. The lowest BCUT2D eigenvalue weighted by atomic mass is 10.3. The molecule has 104 valence electrons. The van der Waals surface area contributed by atoms with Crippen LogP contribution in [-0.2, 0) is 9.53 Å². The van der Waals surface area contributed by atoms with Crippen molar-refractivity contribution in [1.29, 1.82) is 0 Å². The molecule has 0 atom stereocenters. The smallest absolute Gasteiger partial charge is 0.288 e. The molecule has 0 aromatic heterocycles. The maximum atomic E-state index is 11.8. The van der Waals surface area contributed by atoms with Gasteiger partial charge in [0.2, 0.25) is 0 Å². The summed E-state index contributed by atoms with van der Waals surface area (Å²) in [7, 11) is 0. The Kier molecular flexibility index (Phi) is 9.01. The average Bonchev–Trinajstić information content (AvgIpc) is 2.42. The molecule has 4 nitrogen and oxygen atoms in total. The van der Waals surface area contributed by atoms with E-state index >= 15 is 0 Å². The summed E-state index contributed by atoms with van der Waals surface area (Å²) in [5.41, 5.74) is 0. The zero-order valence-electron chi connectivity index (χ0n) is 11.9. The summed E-state index contributed by atoms with van der Waals surface area (Å²) in [5.74, 6) is 0.0231. The first kappa shape index (κ1) is 16.7. The summed E-state index contributed by atoms with van der Waals surface area (Å²) in [5, 5.41) is 0. The fourth-order valence-electron chi connectivity index (χ4n) is 1.82. The molecule has 1 fully saturated rings. The number of ether oxygens (including phenoxy) is 1. The van der Waals surface area contributed by atoms with Gasteiger partial charge in [0, 0.05) is 26.2 Å². The zero-order chi connectivity index (χ0) is 14.0. The number of amides is 1. The fourth-order valence-corrected chi connectivity index (χ4v) is 1.82. The molecule has 0 aromatic rings. The van der Waals surface area contributed by atoms with Crippen LogP contribution in [0.3, 0.4) is 0 Å². The van der Waals surface area contributed by atoms with Crippen molar-refractivity contribution >= 4 is 5.91 Å². The first-order valence-electron chi connectivity index (χ1n) is 6.67. The van der Waals surface area contributed by atoms with Crippen molar-refractivity contribution in [2.45, 2.75) is 27.2 Å². The summed E-state index contributed by atoms with van der Waals surface area (Å²) in [6.07, 6.45) is 2.38. The Balaban J connectivity index is 0.00000137. The maximum Gasteiger partial charge on any atom is 0.288 e. The van der Waals surface area contributed by atoms with Crippen molar-refractivity contribution < 1.29 is 9.53 Å². The monoisotopic (exact) mass is 254 g/mol. The molecule has 1 aliphatic rings. The van der Waals surface area contributed by atoms with Crippen LogP contribution in [-0.4, -0.2) is 48.4 Å². The molecule has 0 aromatic carbocycles. The number of nitrogens with zero attached hydrogens (tertiary/aromatic N) is 2. The third-order valence-corrected chi connectivity index (χ3v) is 2.66. The Morgan fingerprint density at radius 3 is 2.28 bits per heavy atom. The van der Waals surface area contributed by atoms with Gasteiger partial charge in [0.25, 0.3) is 5.91 Å². The highest BCUT2D eigenvalue weighted by Crippen LogP contribution is 2.07. The van der Waals surface area contributed by atoms with Gasteiger partial charge in [0.05, 0.1) is 6.26 Å². The van der Waals surface area contributed by atoms with E-state index in [1.54, 1.807) is 4.90 Å². The van der Waals surface area contributed by atoms with Crippen LogP contribution in [0.4, 0.5) is 0 Å². The number of carbonyl (C=O) groups is 1. The normalized spacial score (nSPS) is 15.4. The highest BCUT2D eigenvalue weighted by molar-refractivity contribution is 5.91. The molecule has 0 N–H and O–H groups in total. The molecule has 0 spiro atoms. The van der Waals surface area contributed by atoms with E-state index in [-0.39, 0.29) is 11.7 Å². The lowest BCUT2D eigenvalue weighted by Crippen LogP contribution is -2.49. The number of carbonyl (C=O) groups excluding carboxylic acids is 1. The van der Waals surface area contributed by atoms with Gasteiger partial charge in [0.1, 0.15) is 0 Å². The van der Waals surface area contributed by atoms with Gasteiger partial charge in [-0.2, -0.15) is 0 Å². The van der Waals surface area contributed by atoms with Crippen LogP contribution in [0.25, 0.3) is 0 Å². The van der Waals surface area contributed by atoms with E-state index in [0.717, 1.165) is 39.1 Å². The predicted molar refractivity (Wildman–Crippen MR) is 75.1 cm³/mol. The van der Waals surface area contributed by atoms with Gasteiger partial charge in [-0.3, -0.25) is 9.69 Å². The largest absolute Gasteiger partial charge is 0.460 e. The van der Waals surface area contributed by atoms with Crippen LogP contribution >= 0.6 is 0 Å². The third kappa shape index (κ3) is 5.36. The topological polar surface area (TPSA) is 32.8 Å². The number of piperazine rings is 1. The molecule has 1 heterocycles. The Labute approximate surface area is 111 Å². The fraction of sp³-hybridized carbons (Fsp3) is 0.643. The summed E-state index contributed by atoms with van der Waals surface area (Å²) in [6, 6.07) is 0. The molecule has 18 heavy (non-hydrogen) atoms. The molecule has 1 aliphatic heterocycles. The highest BCUT2D eigenvalue weighted by atomic mass is 16.5. The highest BCUT2D eigenvalue weighted by Gasteiger charge is 2.22. The molecule has 0 radical (unpaired) electrons. The first-order valence-corrected chi connectivity index (χ1v) is 6.67. The van der Waals surface area contributed by atoms with Gasteiger partial charge in [-0.05, 0) is 13.0 Å². The van der Waals surface area contributed by atoms with Crippen molar-refractivity contribution in [2.75, 3.05) is 32.7 Å². The second-order valence-electron chi connectivity index (χ2n) is 3.84. The van der Waals surface area contributed by atoms with Crippen molar-refractivity contribution in [3.05, 3.63) is 25.2 Å². The maximum absolute atomic E-state index is 11.8. The molecule has 0 unspecified atom stereocenters. The van der Waals surface area contributed by atoms with E-state index in [4.69, 9.17) is 4.74 Å².